The Morgan fingerprint density at radius 2 is 1.77 bits per heavy atom. The first-order chi connectivity index (χ1) is 16.8. The molecule has 0 atom stereocenters. The van der Waals surface area contributed by atoms with E-state index in [-0.39, 0.29) is 23.9 Å². The number of anilines is 2. The molecule has 3 aromatic rings. The molecule has 35 heavy (non-hydrogen) atoms. The number of hydrogen-bond acceptors (Lipinski definition) is 4. The van der Waals surface area contributed by atoms with Crippen molar-refractivity contribution >= 4 is 23.2 Å². The lowest BCUT2D eigenvalue weighted by Crippen LogP contribution is -2.38. The Hall–Kier alpha value is -3.49. The largest absolute Gasteiger partial charge is 0.379 e. The molecule has 7 nitrogen and oxygen atoms in total. The Labute approximate surface area is 204 Å². The van der Waals surface area contributed by atoms with Crippen LogP contribution < -0.4 is 10.6 Å². The maximum absolute atomic E-state index is 14.4. The fourth-order valence-corrected chi connectivity index (χ4v) is 4.35. The van der Waals surface area contributed by atoms with E-state index in [1.165, 1.54) is 18.2 Å². The van der Waals surface area contributed by atoms with Crippen LogP contribution in [0.4, 0.5) is 15.8 Å². The molecule has 0 unspecified atom stereocenters. The molecule has 0 radical (unpaired) electrons. The van der Waals surface area contributed by atoms with E-state index >= 15 is 0 Å². The van der Waals surface area contributed by atoms with Gasteiger partial charge in [-0.25, -0.2) is 4.39 Å². The van der Waals surface area contributed by atoms with Gasteiger partial charge in [-0.2, -0.15) is 0 Å². The molecule has 2 amide bonds. The maximum atomic E-state index is 14.4. The number of aromatic nitrogens is 1. The summed E-state index contributed by atoms with van der Waals surface area (Å²) in [6.07, 6.45) is 0.251. The third-order valence-electron chi connectivity index (χ3n) is 6.19. The molecule has 0 aliphatic carbocycles. The summed E-state index contributed by atoms with van der Waals surface area (Å²) in [7, 11) is 0. The van der Waals surface area contributed by atoms with Crippen LogP contribution in [0.5, 0.6) is 0 Å². The van der Waals surface area contributed by atoms with Crippen LogP contribution in [0.3, 0.4) is 0 Å². The number of hydrogen-bond donors (Lipinski definition) is 2. The van der Waals surface area contributed by atoms with Gasteiger partial charge in [0.15, 0.2) is 0 Å². The fourth-order valence-electron chi connectivity index (χ4n) is 4.35. The molecule has 1 aliphatic heterocycles. The second kappa shape index (κ2) is 10.8. The van der Waals surface area contributed by atoms with Crippen LogP contribution in [0.25, 0.3) is 5.69 Å². The zero-order chi connectivity index (χ0) is 24.9. The number of carbonyl (C=O) groups excluding carboxylic acids is 2. The predicted molar refractivity (Wildman–Crippen MR) is 135 cm³/mol. The summed E-state index contributed by atoms with van der Waals surface area (Å²) in [5, 5.41) is 5.46. The number of amides is 2. The van der Waals surface area contributed by atoms with Crippen molar-refractivity contribution in [1.29, 1.82) is 0 Å². The van der Waals surface area contributed by atoms with Crippen LogP contribution in [-0.4, -0.2) is 54.1 Å². The molecular weight excluding hydrogens is 447 g/mol. The van der Waals surface area contributed by atoms with Crippen molar-refractivity contribution in [1.82, 2.24) is 9.47 Å². The zero-order valence-corrected chi connectivity index (χ0v) is 20.4. The van der Waals surface area contributed by atoms with Crippen LogP contribution in [0.1, 0.15) is 33.7 Å². The normalized spacial score (nSPS) is 14.1. The molecular formula is C27H31FN4O3. The number of aryl methyl sites for hydroxylation is 2. The Morgan fingerprint density at radius 1 is 1.00 bits per heavy atom. The summed E-state index contributed by atoms with van der Waals surface area (Å²) >= 11 is 0. The maximum Gasteiger partial charge on any atom is 0.257 e. The lowest BCUT2D eigenvalue weighted by Gasteiger charge is -2.26. The van der Waals surface area contributed by atoms with Gasteiger partial charge in [0.2, 0.25) is 5.91 Å². The number of benzene rings is 2. The van der Waals surface area contributed by atoms with Crippen molar-refractivity contribution in [3.63, 3.8) is 0 Å². The lowest BCUT2D eigenvalue weighted by atomic mass is 10.2. The highest BCUT2D eigenvalue weighted by molar-refractivity contribution is 6.06. The Morgan fingerprint density at radius 3 is 2.51 bits per heavy atom. The zero-order valence-electron chi connectivity index (χ0n) is 20.4. The Kier molecular flexibility index (Phi) is 7.63. The van der Waals surface area contributed by atoms with Crippen LogP contribution in [0, 0.1) is 26.6 Å². The lowest BCUT2D eigenvalue weighted by molar-refractivity contribution is -0.116. The number of ether oxygens (including phenoxy) is 1. The van der Waals surface area contributed by atoms with E-state index in [2.05, 4.69) is 21.6 Å². The molecule has 4 rings (SSSR count). The second-order valence-electron chi connectivity index (χ2n) is 8.86. The van der Waals surface area contributed by atoms with Crippen molar-refractivity contribution in [2.45, 2.75) is 27.2 Å². The third kappa shape index (κ3) is 5.96. The van der Waals surface area contributed by atoms with Gasteiger partial charge in [0.05, 0.1) is 24.5 Å². The van der Waals surface area contributed by atoms with Gasteiger partial charge in [-0.15, -0.1) is 0 Å². The van der Waals surface area contributed by atoms with Gasteiger partial charge in [0.1, 0.15) is 5.82 Å². The fraction of sp³-hybridized carbons (Fsp3) is 0.333. The summed E-state index contributed by atoms with van der Waals surface area (Å²) in [5.41, 5.74) is 4.84. The number of halogens is 1. The molecule has 0 bridgehead atoms. The van der Waals surface area contributed by atoms with Gasteiger partial charge in [0, 0.05) is 48.8 Å². The smallest absolute Gasteiger partial charge is 0.257 e. The predicted octanol–water partition coefficient (Wildman–Crippen LogP) is 4.45. The highest BCUT2D eigenvalue weighted by Gasteiger charge is 2.18. The van der Waals surface area contributed by atoms with Gasteiger partial charge in [-0.05, 0) is 62.7 Å². The molecule has 1 fully saturated rings. The summed E-state index contributed by atoms with van der Waals surface area (Å²) in [4.78, 5) is 27.6. The standard InChI is InChI=1S/C27H31FN4O3/c1-18-5-4-6-22(15-18)32-19(2)16-23(20(32)3)27(34)29-21-7-8-24(28)25(17-21)30-26(33)9-10-31-11-13-35-14-12-31/h4-8,15-17H,9-14H2,1-3H3,(H,29,34)(H,30,33). The molecule has 1 aliphatic rings. The van der Waals surface area contributed by atoms with Gasteiger partial charge in [-0.3, -0.25) is 14.5 Å². The molecule has 8 heteroatoms. The first-order valence-electron chi connectivity index (χ1n) is 11.8. The van der Waals surface area contributed by atoms with Crippen LogP contribution in [0.2, 0.25) is 0 Å². The topological polar surface area (TPSA) is 75.6 Å². The molecule has 0 saturated carbocycles. The Bertz CT molecular complexity index is 1230. The molecule has 2 aromatic carbocycles. The SMILES string of the molecule is Cc1cccc(-n2c(C)cc(C(=O)Nc3ccc(F)c(NC(=O)CCN4CCOCC4)c3)c2C)c1. The van der Waals surface area contributed by atoms with E-state index in [1.807, 2.05) is 49.6 Å². The number of carbonyl (C=O) groups is 2. The van der Waals surface area contributed by atoms with Gasteiger partial charge in [-0.1, -0.05) is 12.1 Å². The van der Waals surface area contributed by atoms with E-state index in [9.17, 15) is 14.0 Å². The average Bonchev–Trinajstić information content (AvgIpc) is 3.14. The van der Waals surface area contributed by atoms with E-state index < -0.39 is 5.82 Å². The van der Waals surface area contributed by atoms with Crippen molar-refractivity contribution in [2.24, 2.45) is 0 Å². The molecule has 1 saturated heterocycles. The number of morpholine rings is 1. The highest BCUT2D eigenvalue weighted by atomic mass is 19.1. The van der Waals surface area contributed by atoms with Crippen LogP contribution in [-0.2, 0) is 9.53 Å². The Balaban J connectivity index is 1.44. The van der Waals surface area contributed by atoms with Crippen molar-refractivity contribution < 1.29 is 18.7 Å². The minimum Gasteiger partial charge on any atom is -0.379 e. The first-order valence-corrected chi connectivity index (χ1v) is 11.8. The molecule has 0 spiro atoms. The average molecular weight is 479 g/mol. The quantitative estimate of drug-likeness (QED) is 0.526. The second-order valence-corrected chi connectivity index (χ2v) is 8.86. The number of nitrogens with one attached hydrogen (secondary N) is 2. The first kappa shape index (κ1) is 24.6. The van der Waals surface area contributed by atoms with Gasteiger partial charge < -0.3 is 19.9 Å². The van der Waals surface area contributed by atoms with E-state index in [0.717, 1.165) is 35.7 Å². The van der Waals surface area contributed by atoms with E-state index in [4.69, 9.17) is 4.74 Å². The molecule has 1 aromatic heterocycles. The van der Waals surface area contributed by atoms with Gasteiger partial charge in [0.25, 0.3) is 5.91 Å². The van der Waals surface area contributed by atoms with Crippen molar-refractivity contribution in [3.8, 4) is 5.69 Å². The minimum absolute atomic E-state index is 0.0417. The summed E-state index contributed by atoms with van der Waals surface area (Å²) in [6.45, 7) is 9.35. The number of nitrogens with zero attached hydrogens (tertiary/aromatic N) is 2. The summed E-state index contributed by atoms with van der Waals surface area (Å²) < 4.78 is 21.7. The highest BCUT2D eigenvalue weighted by Crippen LogP contribution is 2.24. The summed E-state index contributed by atoms with van der Waals surface area (Å²) in [5.74, 6) is -1.13. The molecule has 184 valence electrons. The van der Waals surface area contributed by atoms with Gasteiger partial charge >= 0.3 is 0 Å². The molecule has 2 N–H and O–H groups in total. The number of rotatable bonds is 7. The minimum atomic E-state index is -0.555. The third-order valence-corrected chi connectivity index (χ3v) is 6.19. The van der Waals surface area contributed by atoms with Crippen LogP contribution >= 0.6 is 0 Å². The van der Waals surface area contributed by atoms with E-state index in [1.54, 1.807) is 0 Å². The van der Waals surface area contributed by atoms with Crippen LogP contribution in [0.15, 0.2) is 48.5 Å². The van der Waals surface area contributed by atoms with Crippen molar-refractivity contribution in [3.05, 3.63) is 76.9 Å². The monoisotopic (exact) mass is 478 g/mol. The van der Waals surface area contributed by atoms with Crippen molar-refractivity contribution in [2.75, 3.05) is 43.5 Å². The summed E-state index contributed by atoms with van der Waals surface area (Å²) in [6, 6.07) is 14.1. The molecule has 2 heterocycles. The van der Waals surface area contributed by atoms with E-state index in [0.29, 0.717) is 31.0 Å².